The van der Waals surface area contributed by atoms with Crippen LogP contribution in [0.2, 0.25) is 0 Å². The molecule has 0 spiro atoms. The topological polar surface area (TPSA) is 230 Å². The molecule has 2 aliphatic heterocycles. The van der Waals surface area contributed by atoms with E-state index in [1.807, 2.05) is 0 Å². The number of nitrogens with zero attached hydrogens (tertiary/aromatic N) is 4. The third kappa shape index (κ3) is 2.81. The summed E-state index contributed by atoms with van der Waals surface area (Å²) in [5.74, 6) is 0.00875. The highest BCUT2D eigenvalue weighted by molar-refractivity contribution is 5.81. The van der Waals surface area contributed by atoms with Crippen molar-refractivity contribution in [3.63, 3.8) is 0 Å². The Morgan fingerprint density at radius 3 is 2.27 bits per heavy atom. The van der Waals surface area contributed by atoms with E-state index in [9.17, 15) is 35.7 Å². The van der Waals surface area contributed by atoms with Crippen molar-refractivity contribution in [1.82, 2.24) is 19.5 Å². The van der Waals surface area contributed by atoms with E-state index in [0.717, 1.165) is 17.2 Å². The van der Waals surface area contributed by atoms with Gasteiger partial charge in [-0.05, 0) is 0 Å². The van der Waals surface area contributed by atoms with Crippen LogP contribution in [-0.4, -0.2) is 117 Å². The zero-order chi connectivity index (χ0) is 21.8. The molecule has 2 aliphatic rings. The summed E-state index contributed by atoms with van der Waals surface area (Å²) in [6.45, 7) is -1.42. The van der Waals surface area contributed by atoms with Crippen LogP contribution in [0, 0.1) is 0 Å². The number of aliphatic hydroxyl groups is 7. The summed E-state index contributed by atoms with van der Waals surface area (Å²) in [4.78, 5) is 12.0. The molecule has 9 atom stereocenters. The number of ether oxygens (including phenoxy) is 2. The number of anilines is 1. The summed E-state index contributed by atoms with van der Waals surface area (Å²) < 4.78 is 12.6. The molecule has 0 saturated carbocycles. The fourth-order valence-electron chi connectivity index (χ4n) is 4.10. The molecule has 0 aromatic carbocycles. The average Bonchev–Trinajstić information content (AvgIpc) is 3.28. The molecule has 14 nitrogen and oxygen atoms in total. The fraction of sp³-hybridized carbons (Fsp3) is 0.688. The van der Waals surface area contributed by atoms with Crippen molar-refractivity contribution in [2.24, 2.45) is 0 Å². The van der Waals surface area contributed by atoms with Gasteiger partial charge in [-0.15, -0.1) is 0 Å². The van der Waals surface area contributed by atoms with Crippen molar-refractivity contribution in [3.05, 3.63) is 12.7 Å². The Balaban J connectivity index is 1.92. The minimum atomic E-state index is -2.17. The van der Waals surface area contributed by atoms with Crippen molar-refractivity contribution in [1.29, 1.82) is 0 Å². The number of aromatic nitrogens is 4. The van der Waals surface area contributed by atoms with Crippen LogP contribution in [0.15, 0.2) is 12.7 Å². The third-order valence-electron chi connectivity index (χ3n) is 5.69. The summed E-state index contributed by atoms with van der Waals surface area (Å²) in [5, 5.41) is 71.6. The standard InChI is InChI=1S/C16H23N5O9/c17-14-7-15(19-3-18-14)21(4-20-7)16(12(28)9(25)6(2-23)30-16)13-11(27)10(26)8(24)5(1-22)29-13/h3-6,8-13,22-28H,1-2H2,(H2,17,18,19)/t5-,6-,8+,9-,10+,11-,12-,13?,16+/m1/s1. The minimum absolute atomic E-state index is 0.00875. The van der Waals surface area contributed by atoms with Gasteiger partial charge in [0.15, 0.2) is 11.5 Å². The quantitative estimate of drug-likeness (QED) is 0.228. The number of rotatable bonds is 4. The number of hydrogen-bond donors (Lipinski definition) is 8. The van der Waals surface area contributed by atoms with Gasteiger partial charge in [-0.1, -0.05) is 0 Å². The van der Waals surface area contributed by atoms with E-state index in [4.69, 9.17) is 15.2 Å². The number of nitrogens with two attached hydrogens (primary N) is 1. The summed E-state index contributed by atoms with van der Waals surface area (Å²) in [5.41, 5.74) is 3.81. The number of nitrogen functional groups attached to an aromatic ring is 1. The van der Waals surface area contributed by atoms with Crippen LogP contribution in [0.5, 0.6) is 0 Å². The highest BCUT2D eigenvalue weighted by Gasteiger charge is 2.65. The lowest BCUT2D eigenvalue weighted by atomic mass is 9.86. The molecule has 2 fully saturated rings. The lowest BCUT2D eigenvalue weighted by Gasteiger charge is -2.48. The minimum Gasteiger partial charge on any atom is -0.394 e. The Labute approximate surface area is 168 Å². The summed E-state index contributed by atoms with van der Waals surface area (Å²) in [7, 11) is 0. The van der Waals surface area contributed by atoms with E-state index in [-0.39, 0.29) is 17.0 Å². The molecule has 0 radical (unpaired) electrons. The van der Waals surface area contributed by atoms with Gasteiger partial charge < -0.3 is 51.0 Å². The largest absolute Gasteiger partial charge is 0.394 e. The third-order valence-corrected chi connectivity index (χ3v) is 5.69. The first-order valence-corrected chi connectivity index (χ1v) is 9.17. The second-order valence-corrected chi connectivity index (χ2v) is 7.32. The van der Waals surface area contributed by atoms with Crippen LogP contribution in [0.1, 0.15) is 0 Å². The molecule has 0 amide bonds. The Kier molecular flexibility index (Phi) is 5.38. The van der Waals surface area contributed by atoms with Gasteiger partial charge in [-0.3, -0.25) is 4.57 Å². The van der Waals surface area contributed by atoms with Gasteiger partial charge in [0, 0.05) is 0 Å². The smallest absolute Gasteiger partial charge is 0.205 e. The zero-order valence-corrected chi connectivity index (χ0v) is 15.5. The van der Waals surface area contributed by atoms with Crippen LogP contribution >= 0.6 is 0 Å². The van der Waals surface area contributed by atoms with E-state index < -0.39 is 67.8 Å². The molecule has 4 rings (SSSR count). The van der Waals surface area contributed by atoms with Gasteiger partial charge in [0.2, 0.25) is 5.72 Å². The second-order valence-electron chi connectivity index (χ2n) is 7.32. The van der Waals surface area contributed by atoms with Crippen molar-refractivity contribution in [2.75, 3.05) is 18.9 Å². The molecule has 0 aliphatic carbocycles. The van der Waals surface area contributed by atoms with Gasteiger partial charge in [0.05, 0.1) is 19.5 Å². The Hall–Kier alpha value is -2.01. The first-order chi connectivity index (χ1) is 14.3. The maximum atomic E-state index is 11.0. The van der Waals surface area contributed by atoms with E-state index in [1.54, 1.807) is 0 Å². The van der Waals surface area contributed by atoms with Crippen molar-refractivity contribution in [3.8, 4) is 0 Å². The molecule has 0 bridgehead atoms. The van der Waals surface area contributed by atoms with Gasteiger partial charge in [0.1, 0.15) is 60.7 Å². The van der Waals surface area contributed by atoms with Crippen molar-refractivity contribution in [2.45, 2.75) is 54.6 Å². The monoisotopic (exact) mass is 429 g/mol. The predicted molar refractivity (Wildman–Crippen MR) is 95.4 cm³/mol. The maximum absolute atomic E-state index is 11.0. The van der Waals surface area contributed by atoms with Gasteiger partial charge in [-0.2, -0.15) is 0 Å². The summed E-state index contributed by atoms with van der Waals surface area (Å²) in [6, 6.07) is 0. The normalized spacial score (nSPS) is 42.1. The van der Waals surface area contributed by atoms with Crippen molar-refractivity contribution >= 4 is 17.0 Å². The van der Waals surface area contributed by atoms with Crippen LogP contribution in [0.25, 0.3) is 11.2 Å². The lowest BCUT2D eigenvalue weighted by Crippen LogP contribution is -2.68. The number of hydrogen-bond acceptors (Lipinski definition) is 13. The Morgan fingerprint density at radius 1 is 0.933 bits per heavy atom. The van der Waals surface area contributed by atoms with Crippen LogP contribution in [-0.2, 0) is 15.2 Å². The van der Waals surface area contributed by atoms with Crippen LogP contribution in [0.4, 0.5) is 5.82 Å². The molecular weight excluding hydrogens is 406 g/mol. The van der Waals surface area contributed by atoms with Gasteiger partial charge in [0.25, 0.3) is 0 Å². The molecule has 2 aromatic rings. The Morgan fingerprint density at radius 2 is 1.63 bits per heavy atom. The van der Waals surface area contributed by atoms with E-state index in [1.165, 1.54) is 0 Å². The van der Waals surface area contributed by atoms with E-state index in [0.29, 0.717) is 0 Å². The Bertz CT molecular complexity index is 912. The predicted octanol–water partition coefficient (Wildman–Crippen LogP) is -4.98. The summed E-state index contributed by atoms with van der Waals surface area (Å²) in [6.07, 6.45) is -10.7. The molecule has 2 aromatic heterocycles. The summed E-state index contributed by atoms with van der Waals surface area (Å²) >= 11 is 0. The SMILES string of the molecule is Nc1ncnc2c1ncn2[C@]1(C2O[C@H](CO)[C@H](O)[C@H](O)[C@H]2O)O[C@H](CO)[C@@H](O)[C@H]1O. The second kappa shape index (κ2) is 7.60. The zero-order valence-electron chi connectivity index (χ0n) is 15.5. The van der Waals surface area contributed by atoms with Gasteiger partial charge in [-0.25, -0.2) is 15.0 Å². The highest BCUT2D eigenvalue weighted by atomic mass is 16.6. The fourth-order valence-corrected chi connectivity index (χ4v) is 4.10. The van der Waals surface area contributed by atoms with Crippen molar-refractivity contribution < 1.29 is 45.2 Å². The first kappa shape index (κ1) is 21.2. The highest BCUT2D eigenvalue weighted by Crippen LogP contribution is 2.45. The molecular formula is C16H23N5O9. The number of fused-ring (bicyclic) bond motifs is 1. The first-order valence-electron chi connectivity index (χ1n) is 9.17. The number of aliphatic hydroxyl groups excluding tert-OH is 7. The van der Waals surface area contributed by atoms with Gasteiger partial charge >= 0.3 is 0 Å². The van der Waals surface area contributed by atoms with E-state index in [2.05, 4.69) is 15.0 Å². The lowest BCUT2D eigenvalue weighted by molar-refractivity contribution is -0.309. The van der Waals surface area contributed by atoms with Crippen LogP contribution in [0.3, 0.4) is 0 Å². The van der Waals surface area contributed by atoms with Crippen LogP contribution < -0.4 is 5.73 Å². The molecule has 166 valence electrons. The van der Waals surface area contributed by atoms with E-state index >= 15 is 0 Å². The molecule has 2 saturated heterocycles. The maximum Gasteiger partial charge on any atom is 0.205 e. The molecule has 30 heavy (non-hydrogen) atoms. The molecule has 1 unspecified atom stereocenters. The average molecular weight is 429 g/mol. The molecule has 9 N–H and O–H groups in total. The number of imidazole rings is 1. The molecule has 14 heteroatoms. The molecule has 4 heterocycles.